The second kappa shape index (κ2) is 9.02. The number of hydrogen-bond acceptors (Lipinski definition) is 6. The highest BCUT2D eigenvalue weighted by molar-refractivity contribution is 6.10. The molecule has 0 fully saturated rings. The van der Waals surface area contributed by atoms with Gasteiger partial charge in [0.15, 0.2) is 23.0 Å². The van der Waals surface area contributed by atoms with Gasteiger partial charge in [-0.2, -0.15) is 0 Å². The molecule has 35 heavy (non-hydrogen) atoms. The maximum atomic E-state index is 10.1. The zero-order valence-corrected chi connectivity index (χ0v) is 19.3. The second-order valence-electron chi connectivity index (χ2n) is 8.48. The van der Waals surface area contributed by atoms with Crippen molar-refractivity contribution in [3.63, 3.8) is 0 Å². The van der Waals surface area contributed by atoms with E-state index in [0.29, 0.717) is 24.2 Å². The van der Waals surface area contributed by atoms with E-state index < -0.39 is 0 Å². The number of phenols is 4. The van der Waals surface area contributed by atoms with Crippen molar-refractivity contribution in [2.75, 3.05) is 10.6 Å². The summed E-state index contributed by atoms with van der Waals surface area (Å²) in [4.78, 5) is 0. The predicted octanol–water partition coefficient (Wildman–Crippen LogP) is 5.86. The second-order valence-corrected chi connectivity index (χ2v) is 8.48. The van der Waals surface area contributed by atoms with Crippen LogP contribution in [-0.2, 0) is 19.6 Å². The fourth-order valence-corrected chi connectivity index (χ4v) is 4.50. The number of benzene rings is 4. The number of aryl methyl sites for hydroxylation is 1. The van der Waals surface area contributed by atoms with Gasteiger partial charge < -0.3 is 35.6 Å². The number of para-hydroxylation sites is 2. The maximum absolute atomic E-state index is 10.1. The summed E-state index contributed by atoms with van der Waals surface area (Å²) in [7, 11) is 0. The van der Waals surface area contributed by atoms with Gasteiger partial charge in [-0.1, -0.05) is 24.3 Å². The van der Waals surface area contributed by atoms with E-state index in [0.717, 1.165) is 39.7 Å². The summed E-state index contributed by atoms with van der Waals surface area (Å²) in [5, 5.41) is 48.5. The average Bonchev–Trinajstić information content (AvgIpc) is 3.18. The number of aromatic hydroxyl groups is 4. The number of nitrogens with zero attached hydrogens (tertiary/aromatic N) is 1. The van der Waals surface area contributed by atoms with Crippen LogP contribution >= 0.6 is 0 Å². The largest absolute Gasteiger partial charge is 0.504 e. The van der Waals surface area contributed by atoms with Crippen molar-refractivity contribution in [3.05, 3.63) is 83.9 Å². The molecule has 6 N–H and O–H groups in total. The van der Waals surface area contributed by atoms with Crippen molar-refractivity contribution in [3.8, 4) is 23.0 Å². The van der Waals surface area contributed by atoms with E-state index in [-0.39, 0.29) is 23.0 Å². The molecule has 0 aliphatic heterocycles. The molecular formula is C28H27N3O4. The summed E-state index contributed by atoms with van der Waals surface area (Å²) in [6.07, 6.45) is 0. The smallest absolute Gasteiger partial charge is 0.162 e. The van der Waals surface area contributed by atoms with Gasteiger partial charge in [-0.25, -0.2) is 0 Å². The first-order valence-corrected chi connectivity index (χ1v) is 11.5. The summed E-state index contributed by atoms with van der Waals surface area (Å²) >= 11 is 0. The molecule has 7 heteroatoms. The van der Waals surface area contributed by atoms with Gasteiger partial charge in [-0.05, 0) is 55.5 Å². The standard InChI is InChI=1S/C28H27N3O4/c1-2-31-23-11-9-19(29-15-17-5-3-7-25(32)27(17)34)13-21(23)22-14-20(10-12-24(22)31)30-16-18-6-4-8-26(33)28(18)35/h3-14,29-30,32-35H,2,15-16H2,1H3. The minimum absolute atomic E-state index is 0.114. The zero-order valence-electron chi connectivity index (χ0n) is 19.3. The molecular weight excluding hydrogens is 442 g/mol. The molecule has 5 aromatic rings. The third-order valence-corrected chi connectivity index (χ3v) is 6.34. The van der Waals surface area contributed by atoms with Gasteiger partial charge >= 0.3 is 0 Å². The van der Waals surface area contributed by atoms with E-state index in [1.807, 2.05) is 12.1 Å². The van der Waals surface area contributed by atoms with Gasteiger partial charge in [0, 0.05) is 63.9 Å². The first-order chi connectivity index (χ1) is 17.0. The van der Waals surface area contributed by atoms with E-state index in [2.05, 4.69) is 46.4 Å². The lowest BCUT2D eigenvalue weighted by Gasteiger charge is -2.10. The molecule has 0 amide bonds. The highest BCUT2D eigenvalue weighted by Gasteiger charge is 2.13. The number of anilines is 2. The van der Waals surface area contributed by atoms with Gasteiger partial charge in [0.1, 0.15) is 0 Å². The van der Waals surface area contributed by atoms with Crippen LogP contribution in [0.2, 0.25) is 0 Å². The van der Waals surface area contributed by atoms with Crippen LogP contribution in [-0.4, -0.2) is 25.0 Å². The van der Waals surface area contributed by atoms with Gasteiger partial charge in [-0.3, -0.25) is 0 Å². The molecule has 4 aromatic carbocycles. The predicted molar refractivity (Wildman–Crippen MR) is 139 cm³/mol. The molecule has 1 heterocycles. The molecule has 178 valence electrons. The van der Waals surface area contributed by atoms with Crippen molar-refractivity contribution in [2.45, 2.75) is 26.6 Å². The Morgan fingerprint density at radius 1 is 0.629 bits per heavy atom. The van der Waals surface area contributed by atoms with Crippen LogP contribution in [0.1, 0.15) is 18.1 Å². The molecule has 0 unspecified atom stereocenters. The molecule has 0 aliphatic carbocycles. The van der Waals surface area contributed by atoms with E-state index in [9.17, 15) is 20.4 Å². The van der Waals surface area contributed by atoms with Crippen LogP contribution in [0.25, 0.3) is 21.8 Å². The normalized spacial score (nSPS) is 11.2. The van der Waals surface area contributed by atoms with Gasteiger partial charge in [0.2, 0.25) is 0 Å². The molecule has 7 nitrogen and oxygen atoms in total. The topological polar surface area (TPSA) is 110 Å². The summed E-state index contributed by atoms with van der Waals surface area (Å²) in [6.45, 7) is 3.69. The first-order valence-electron chi connectivity index (χ1n) is 11.5. The number of nitrogens with one attached hydrogen (secondary N) is 2. The van der Waals surface area contributed by atoms with E-state index in [4.69, 9.17) is 0 Å². The maximum Gasteiger partial charge on any atom is 0.162 e. The third kappa shape index (κ3) is 4.12. The fourth-order valence-electron chi connectivity index (χ4n) is 4.50. The van der Waals surface area contributed by atoms with Crippen molar-refractivity contribution < 1.29 is 20.4 Å². The Bertz CT molecular complexity index is 1430. The average molecular weight is 470 g/mol. The molecule has 0 bridgehead atoms. The summed E-state index contributed by atoms with van der Waals surface area (Å²) in [5.74, 6) is -0.496. The molecule has 0 saturated heterocycles. The Labute approximate surface area is 202 Å². The van der Waals surface area contributed by atoms with Gasteiger partial charge in [0.25, 0.3) is 0 Å². The number of rotatable bonds is 7. The zero-order chi connectivity index (χ0) is 24.5. The molecule has 5 rings (SSSR count). The van der Waals surface area contributed by atoms with Crippen LogP contribution in [0.5, 0.6) is 23.0 Å². The molecule has 0 spiro atoms. The molecule has 0 atom stereocenters. The minimum atomic E-state index is -0.134. The van der Waals surface area contributed by atoms with Crippen LogP contribution < -0.4 is 10.6 Å². The Balaban J connectivity index is 1.46. The van der Waals surface area contributed by atoms with Crippen LogP contribution in [0.15, 0.2) is 72.8 Å². The number of aromatic nitrogens is 1. The quantitative estimate of drug-likeness (QED) is 0.167. The number of fused-ring (bicyclic) bond motifs is 3. The fraction of sp³-hybridized carbons (Fsp3) is 0.143. The van der Waals surface area contributed by atoms with Crippen LogP contribution in [0.3, 0.4) is 0 Å². The highest BCUT2D eigenvalue weighted by Crippen LogP contribution is 2.35. The SMILES string of the molecule is CCn1c2ccc(NCc3cccc(O)c3O)cc2c2cc(NCc3cccc(O)c3O)ccc21. The summed E-state index contributed by atoms with van der Waals surface area (Å²) in [6, 6.07) is 22.2. The monoisotopic (exact) mass is 469 g/mol. The lowest BCUT2D eigenvalue weighted by molar-refractivity contribution is 0.400. The first kappa shape index (κ1) is 22.3. The van der Waals surface area contributed by atoms with Crippen molar-refractivity contribution in [1.82, 2.24) is 4.57 Å². The molecule has 0 saturated carbocycles. The van der Waals surface area contributed by atoms with Gasteiger partial charge in [0.05, 0.1) is 0 Å². The molecule has 0 aliphatic rings. The Hall–Kier alpha value is -4.52. The van der Waals surface area contributed by atoms with E-state index in [1.165, 1.54) is 12.1 Å². The van der Waals surface area contributed by atoms with Crippen LogP contribution in [0.4, 0.5) is 11.4 Å². The number of hydrogen-bond donors (Lipinski definition) is 6. The van der Waals surface area contributed by atoms with Gasteiger partial charge in [-0.15, -0.1) is 0 Å². The minimum Gasteiger partial charge on any atom is -0.504 e. The molecule has 0 radical (unpaired) electrons. The third-order valence-electron chi connectivity index (χ3n) is 6.34. The van der Waals surface area contributed by atoms with Crippen molar-refractivity contribution >= 4 is 33.2 Å². The lowest BCUT2D eigenvalue weighted by Crippen LogP contribution is -2.00. The Kier molecular flexibility index (Phi) is 5.74. The van der Waals surface area contributed by atoms with E-state index in [1.54, 1.807) is 24.3 Å². The lowest BCUT2D eigenvalue weighted by atomic mass is 10.1. The summed E-state index contributed by atoms with van der Waals surface area (Å²) in [5.41, 5.74) is 5.27. The van der Waals surface area contributed by atoms with E-state index >= 15 is 0 Å². The van der Waals surface area contributed by atoms with Crippen LogP contribution in [0, 0.1) is 0 Å². The number of phenolic OH excluding ortho intramolecular Hbond substituents is 4. The summed E-state index contributed by atoms with van der Waals surface area (Å²) < 4.78 is 2.26. The Morgan fingerprint density at radius 2 is 1.09 bits per heavy atom. The van der Waals surface area contributed by atoms with Crippen molar-refractivity contribution in [2.24, 2.45) is 0 Å². The molecule has 1 aromatic heterocycles. The highest BCUT2D eigenvalue weighted by atomic mass is 16.3. The van der Waals surface area contributed by atoms with Crippen molar-refractivity contribution in [1.29, 1.82) is 0 Å². The Morgan fingerprint density at radius 3 is 1.51 bits per heavy atom.